The number of amides is 1. The molecule has 2 aromatic carbocycles. The van der Waals surface area contributed by atoms with Crippen molar-refractivity contribution in [3.63, 3.8) is 0 Å². The van der Waals surface area contributed by atoms with Crippen molar-refractivity contribution in [2.24, 2.45) is 5.92 Å². The molecule has 158 valence electrons. The topological polar surface area (TPSA) is 44.8 Å². The molecule has 1 fully saturated rings. The molecule has 1 amide bonds. The highest BCUT2D eigenvalue weighted by molar-refractivity contribution is 5.74. The summed E-state index contributed by atoms with van der Waals surface area (Å²) in [6.07, 6.45) is 2.13. The zero-order valence-electron chi connectivity index (χ0n) is 18.1. The van der Waals surface area contributed by atoms with Crippen molar-refractivity contribution in [2.45, 2.75) is 45.1 Å². The predicted molar refractivity (Wildman–Crippen MR) is 121 cm³/mol. The van der Waals surface area contributed by atoms with Crippen molar-refractivity contribution in [1.82, 2.24) is 4.90 Å². The Labute approximate surface area is 179 Å². The van der Waals surface area contributed by atoms with Gasteiger partial charge in [-0.15, -0.1) is 0 Å². The first kappa shape index (κ1) is 19.3. The number of benzene rings is 2. The monoisotopic (exact) mass is 405 g/mol. The smallest absolute Gasteiger partial charge is 0.410 e. The molecule has 2 atom stereocenters. The summed E-state index contributed by atoms with van der Waals surface area (Å²) in [6, 6.07) is 15.0. The van der Waals surface area contributed by atoms with E-state index in [1.54, 1.807) is 0 Å². The number of ether oxygens (including phenoxy) is 1. The van der Waals surface area contributed by atoms with Gasteiger partial charge in [0.1, 0.15) is 5.60 Å². The van der Waals surface area contributed by atoms with Crippen molar-refractivity contribution >= 4 is 23.2 Å². The molecule has 0 spiro atoms. The second kappa shape index (κ2) is 7.22. The lowest BCUT2D eigenvalue weighted by Crippen LogP contribution is -2.41. The SMILES string of the molecule is CC(C)(C)OC(=O)N1C[C@H]2CN3CCCc4cc(Nc5ccccc5)cc(c43)[C@H]2C1. The molecule has 3 aliphatic rings. The highest BCUT2D eigenvalue weighted by Crippen LogP contribution is 2.47. The van der Waals surface area contributed by atoms with E-state index in [2.05, 4.69) is 46.6 Å². The molecular formula is C25H31N3O2. The molecule has 0 aromatic heterocycles. The van der Waals surface area contributed by atoms with E-state index < -0.39 is 5.60 Å². The van der Waals surface area contributed by atoms with Crippen LogP contribution in [0.25, 0.3) is 0 Å². The fourth-order valence-electron chi connectivity index (χ4n) is 5.26. The summed E-state index contributed by atoms with van der Waals surface area (Å²) < 4.78 is 5.67. The maximum absolute atomic E-state index is 12.7. The quantitative estimate of drug-likeness (QED) is 0.751. The highest BCUT2D eigenvalue weighted by atomic mass is 16.6. The minimum Gasteiger partial charge on any atom is -0.444 e. The van der Waals surface area contributed by atoms with Crippen LogP contribution in [0.1, 0.15) is 44.2 Å². The number of nitrogens with one attached hydrogen (secondary N) is 1. The second-order valence-electron chi connectivity index (χ2n) is 9.87. The van der Waals surface area contributed by atoms with Crippen LogP contribution >= 0.6 is 0 Å². The number of rotatable bonds is 2. The molecule has 0 radical (unpaired) electrons. The van der Waals surface area contributed by atoms with Crippen LogP contribution in [0.4, 0.5) is 21.9 Å². The summed E-state index contributed by atoms with van der Waals surface area (Å²) in [5.74, 6) is 0.834. The molecule has 3 aliphatic heterocycles. The summed E-state index contributed by atoms with van der Waals surface area (Å²) in [5, 5.41) is 3.59. The van der Waals surface area contributed by atoms with Crippen LogP contribution in [-0.2, 0) is 11.2 Å². The third-order valence-corrected chi connectivity index (χ3v) is 6.42. The van der Waals surface area contributed by atoms with E-state index in [4.69, 9.17) is 4.74 Å². The number of likely N-dealkylation sites (tertiary alicyclic amines) is 1. The molecule has 2 aromatic rings. The lowest BCUT2D eigenvalue weighted by atomic mass is 9.80. The van der Waals surface area contributed by atoms with Crippen molar-refractivity contribution in [2.75, 3.05) is 36.4 Å². The van der Waals surface area contributed by atoms with E-state index >= 15 is 0 Å². The van der Waals surface area contributed by atoms with Crippen molar-refractivity contribution in [3.05, 3.63) is 53.6 Å². The Morgan fingerprint density at radius 2 is 1.87 bits per heavy atom. The summed E-state index contributed by atoms with van der Waals surface area (Å²) >= 11 is 0. The van der Waals surface area contributed by atoms with Crippen LogP contribution in [-0.4, -0.2) is 42.8 Å². The first-order chi connectivity index (χ1) is 14.4. The van der Waals surface area contributed by atoms with Gasteiger partial charge in [0.15, 0.2) is 0 Å². The zero-order chi connectivity index (χ0) is 20.9. The van der Waals surface area contributed by atoms with Gasteiger partial charge in [0.2, 0.25) is 0 Å². The molecule has 0 saturated carbocycles. The van der Waals surface area contributed by atoms with Gasteiger partial charge < -0.3 is 19.9 Å². The number of nitrogens with zero attached hydrogens (tertiary/aromatic N) is 2. The van der Waals surface area contributed by atoms with Crippen LogP contribution in [0.15, 0.2) is 42.5 Å². The van der Waals surface area contributed by atoms with Crippen molar-refractivity contribution < 1.29 is 9.53 Å². The predicted octanol–water partition coefficient (Wildman–Crippen LogP) is 5.15. The number of fused-ring (bicyclic) bond motifs is 2. The van der Waals surface area contributed by atoms with Gasteiger partial charge in [0.25, 0.3) is 0 Å². The van der Waals surface area contributed by atoms with Crippen LogP contribution in [0.2, 0.25) is 0 Å². The lowest BCUT2D eigenvalue weighted by Gasteiger charge is -2.42. The van der Waals surface area contributed by atoms with Gasteiger partial charge in [0.05, 0.1) is 0 Å². The molecule has 5 rings (SSSR count). The maximum Gasteiger partial charge on any atom is 0.410 e. The number of para-hydroxylation sites is 1. The second-order valence-corrected chi connectivity index (χ2v) is 9.87. The molecule has 1 N–H and O–H groups in total. The molecule has 5 heteroatoms. The molecule has 0 bridgehead atoms. The van der Waals surface area contributed by atoms with E-state index in [0.29, 0.717) is 11.8 Å². The van der Waals surface area contributed by atoms with E-state index in [1.807, 2.05) is 31.7 Å². The van der Waals surface area contributed by atoms with E-state index in [0.717, 1.165) is 44.0 Å². The Kier molecular flexibility index (Phi) is 4.64. The maximum atomic E-state index is 12.7. The van der Waals surface area contributed by atoms with Crippen molar-refractivity contribution in [1.29, 1.82) is 0 Å². The molecule has 0 unspecified atom stereocenters. The molecule has 5 nitrogen and oxygen atoms in total. The molecule has 30 heavy (non-hydrogen) atoms. The Bertz CT molecular complexity index is 951. The normalized spacial score (nSPS) is 22.4. The van der Waals surface area contributed by atoms with Gasteiger partial charge in [-0.1, -0.05) is 18.2 Å². The van der Waals surface area contributed by atoms with Crippen LogP contribution in [0, 0.1) is 5.92 Å². The standard InChI is InChI=1S/C25H31N3O2/c1-25(2,3)30-24(29)28-15-18-14-27-11-7-8-17-12-20(26-19-9-5-4-6-10-19)13-21(23(17)27)22(18)16-28/h4-6,9-10,12-13,18,22,26H,7-8,11,14-16H2,1-3H3/t18-,22+/m1/s1. The summed E-state index contributed by atoms with van der Waals surface area (Å²) in [7, 11) is 0. The Balaban J connectivity index is 1.46. The fraction of sp³-hybridized carbons (Fsp3) is 0.480. The third kappa shape index (κ3) is 3.62. The van der Waals surface area contributed by atoms with Gasteiger partial charge in [-0.2, -0.15) is 0 Å². The summed E-state index contributed by atoms with van der Waals surface area (Å²) in [5.41, 5.74) is 6.04. The van der Waals surface area contributed by atoms with Gasteiger partial charge in [0, 0.05) is 55.1 Å². The average molecular weight is 406 g/mol. The minimum absolute atomic E-state index is 0.182. The number of aryl methyl sites for hydroxylation is 1. The lowest BCUT2D eigenvalue weighted by molar-refractivity contribution is 0.0287. The van der Waals surface area contributed by atoms with Gasteiger partial charge in [-0.3, -0.25) is 0 Å². The average Bonchev–Trinajstić information content (AvgIpc) is 3.12. The Morgan fingerprint density at radius 1 is 1.07 bits per heavy atom. The minimum atomic E-state index is -0.461. The third-order valence-electron chi connectivity index (χ3n) is 6.42. The molecular weight excluding hydrogens is 374 g/mol. The Hall–Kier alpha value is -2.69. The zero-order valence-corrected chi connectivity index (χ0v) is 18.1. The van der Waals surface area contributed by atoms with Crippen LogP contribution < -0.4 is 10.2 Å². The van der Waals surface area contributed by atoms with Crippen LogP contribution in [0.3, 0.4) is 0 Å². The van der Waals surface area contributed by atoms with Gasteiger partial charge in [-0.25, -0.2) is 4.79 Å². The van der Waals surface area contributed by atoms with Gasteiger partial charge >= 0.3 is 6.09 Å². The first-order valence-electron chi connectivity index (χ1n) is 11.1. The largest absolute Gasteiger partial charge is 0.444 e. The Morgan fingerprint density at radius 3 is 2.63 bits per heavy atom. The van der Waals surface area contributed by atoms with E-state index in [-0.39, 0.29) is 6.09 Å². The molecule has 3 heterocycles. The van der Waals surface area contributed by atoms with E-state index in [1.165, 1.54) is 23.2 Å². The first-order valence-corrected chi connectivity index (χ1v) is 11.1. The van der Waals surface area contributed by atoms with Gasteiger partial charge in [-0.05, 0) is 69.0 Å². The molecule has 0 aliphatic carbocycles. The fourth-order valence-corrected chi connectivity index (χ4v) is 5.26. The summed E-state index contributed by atoms with van der Waals surface area (Å²) in [6.45, 7) is 9.47. The van der Waals surface area contributed by atoms with Crippen molar-refractivity contribution in [3.8, 4) is 0 Å². The van der Waals surface area contributed by atoms with E-state index in [9.17, 15) is 4.79 Å². The van der Waals surface area contributed by atoms with Crippen LogP contribution in [0.5, 0.6) is 0 Å². The summed E-state index contributed by atoms with van der Waals surface area (Å²) in [4.78, 5) is 17.2. The number of hydrogen-bond donors (Lipinski definition) is 1. The number of carbonyl (C=O) groups excluding carboxylic acids is 1. The number of hydrogen-bond acceptors (Lipinski definition) is 4. The number of anilines is 3. The molecule has 1 saturated heterocycles. The highest BCUT2D eigenvalue weighted by Gasteiger charge is 2.44. The number of carbonyl (C=O) groups is 1.